The van der Waals surface area contributed by atoms with E-state index in [9.17, 15) is 4.79 Å². The molecular weight excluding hydrogens is 298 g/mol. The molecule has 2 aromatic rings. The Balaban J connectivity index is 2.15. The van der Waals surface area contributed by atoms with Crippen molar-refractivity contribution in [2.45, 2.75) is 58.4 Å². The molecule has 0 saturated carbocycles. The van der Waals surface area contributed by atoms with E-state index in [0.29, 0.717) is 0 Å². The van der Waals surface area contributed by atoms with Gasteiger partial charge < -0.3 is 5.11 Å². The van der Waals surface area contributed by atoms with Gasteiger partial charge in [-0.3, -0.25) is 9.48 Å². The minimum Gasteiger partial charge on any atom is -0.480 e. The molecule has 0 aliphatic carbocycles. The molecule has 6 heteroatoms. The first kappa shape index (κ1) is 16.7. The molecule has 5 nitrogen and oxygen atoms in total. The Morgan fingerprint density at radius 1 is 1.32 bits per heavy atom. The summed E-state index contributed by atoms with van der Waals surface area (Å²) in [6, 6.07) is 1.90. The fourth-order valence-electron chi connectivity index (χ4n) is 2.21. The highest BCUT2D eigenvalue weighted by Gasteiger charge is 2.26. The fraction of sp³-hybridized carbons (Fsp3) is 0.562. The van der Waals surface area contributed by atoms with Crippen LogP contribution in [0.5, 0.6) is 0 Å². The third-order valence-corrected chi connectivity index (χ3v) is 4.87. The minimum absolute atomic E-state index is 0.0656. The molecule has 0 aromatic carbocycles. The zero-order valence-corrected chi connectivity index (χ0v) is 14.6. The maximum atomic E-state index is 10.7. The number of rotatable bonds is 5. The van der Waals surface area contributed by atoms with Crippen LogP contribution >= 0.6 is 11.3 Å². The van der Waals surface area contributed by atoms with Crippen LogP contribution in [0.25, 0.3) is 0 Å². The van der Waals surface area contributed by atoms with Crippen LogP contribution in [-0.2, 0) is 28.6 Å². The standard InChI is InChI=1S/C16H23N3O2S/c1-15(2,3)14-17-9-11(22-14)8-16(4,5)12-6-7-19(18-12)10-13(20)21/h6-7,9H,8,10H2,1-5H3,(H,20,21). The average molecular weight is 321 g/mol. The van der Waals surface area contributed by atoms with Crippen molar-refractivity contribution in [3.05, 3.63) is 34.0 Å². The Kier molecular flexibility index (Phi) is 4.42. The summed E-state index contributed by atoms with van der Waals surface area (Å²) >= 11 is 1.74. The summed E-state index contributed by atoms with van der Waals surface area (Å²) in [4.78, 5) is 16.5. The Morgan fingerprint density at radius 2 is 2.00 bits per heavy atom. The molecule has 2 heterocycles. The summed E-state index contributed by atoms with van der Waals surface area (Å²) < 4.78 is 1.46. The van der Waals surface area contributed by atoms with Gasteiger partial charge in [0.25, 0.3) is 0 Å². The van der Waals surface area contributed by atoms with Crippen LogP contribution in [0.15, 0.2) is 18.5 Å². The van der Waals surface area contributed by atoms with E-state index >= 15 is 0 Å². The van der Waals surface area contributed by atoms with E-state index < -0.39 is 5.97 Å². The normalized spacial score (nSPS) is 12.6. The molecule has 1 N–H and O–H groups in total. The summed E-state index contributed by atoms with van der Waals surface area (Å²) in [5.41, 5.74) is 0.807. The van der Waals surface area contributed by atoms with E-state index in [1.54, 1.807) is 17.5 Å². The van der Waals surface area contributed by atoms with E-state index in [1.807, 2.05) is 12.3 Å². The molecule has 0 radical (unpaired) electrons. The number of aromatic nitrogens is 3. The predicted octanol–water partition coefficient (Wildman–Crippen LogP) is 3.24. The quantitative estimate of drug-likeness (QED) is 0.918. The van der Waals surface area contributed by atoms with Gasteiger partial charge in [0.2, 0.25) is 0 Å². The lowest BCUT2D eigenvalue weighted by Gasteiger charge is -2.21. The van der Waals surface area contributed by atoms with E-state index in [1.165, 1.54) is 9.56 Å². The third-order valence-electron chi connectivity index (χ3n) is 3.44. The molecule has 2 rings (SSSR count). The van der Waals surface area contributed by atoms with Crippen LogP contribution in [0.4, 0.5) is 0 Å². The number of carboxylic acid groups (broad SMARTS) is 1. The molecular formula is C16H23N3O2S. The fourth-order valence-corrected chi connectivity index (χ4v) is 3.41. The predicted molar refractivity (Wildman–Crippen MR) is 87.4 cm³/mol. The van der Waals surface area contributed by atoms with Gasteiger partial charge in [-0.1, -0.05) is 34.6 Å². The van der Waals surface area contributed by atoms with Gasteiger partial charge in [-0.25, -0.2) is 4.98 Å². The van der Waals surface area contributed by atoms with Gasteiger partial charge in [0.15, 0.2) is 0 Å². The number of hydrogen-bond acceptors (Lipinski definition) is 4. The molecule has 2 aromatic heterocycles. The van der Waals surface area contributed by atoms with Crippen LogP contribution in [0, 0.1) is 0 Å². The number of thiazole rings is 1. The van der Waals surface area contributed by atoms with Crippen molar-refractivity contribution in [2.24, 2.45) is 0 Å². The van der Waals surface area contributed by atoms with E-state index in [-0.39, 0.29) is 17.4 Å². The smallest absolute Gasteiger partial charge is 0.325 e. The van der Waals surface area contributed by atoms with Crippen molar-refractivity contribution < 1.29 is 9.90 Å². The number of hydrogen-bond donors (Lipinski definition) is 1. The molecule has 0 fully saturated rings. The van der Waals surface area contributed by atoms with Crippen molar-refractivity contribution in [1.82, 2.24) is 14.8 Å². The Hall–Kier alpha value is -1.69. The third kappa shape index (κ3) is 3.94. The highest BCUT2D eigenvalue weighted by molar-refractivity contribution is 7.11. The lowest BCUT2D eigenvalue weighted by atomic mass is 9.85. The van der Waals surface area contributed by atoms with Crippen LogP contribution in [0.1, 0.15) is 50.2 Å². The van der Waals surface area contributed by atoms with Crippen LogP contribution < -0.4 is 0 Å². The van der Waals surface area contributed by atoms with Crippen molar-refractivity contribution in [1.29, 1.82) is 0 Å². The molecule has 22 heavy (non-hydrogen) atoms. The Bertz CT molecular complexity index is 665. The molecule has 0 bridgehead atoms. The largest absolute Gasteiger partial charge is 0.480 e. The van der Waals surface area contributed by atoms with Gasteiger partial charge in [-0.05, 0) is 12.5 Å². The van der Waals surface area contributed by atoms with Gasteiger partial charge in [-0.15, -0.1) is 11.3 Å². The molecule has 0 atom stereocenters. The van der Waals surface area contributed by atoms with Crippen LogP contribution in [-0.4, -0.2) is 25.8 Å². The van der Waals surface area contributed by atoms with Gasteiger partial charge >= 0.3 is 5.97 Å². The van der Waals surface area contributed by atoms with Gasteiger partial charge in [0, 0.05) is 28.1 Å². The highest BCUT2D eigenvalue weighted by atomic mass is 32.1. The molecule has 0 amide bonds. The van der Waals surface area contributed by atoms with Crippen molar-refractivity contribution in [3.63, 3.8) is 0 Å². The summed E-state index contributed by atoms with van der Waals surface area (Å²) in [6.45, 7) is 10.6. The molecule has 0 spiro atoms. The Morgan fingerprint density at radius 3 is 2.55 bits per heavy atom. The maximum absolute atomic E-state index is 10.7. The number of carbonyl (C=O) groups is 1. The van der Waals surface area contributed by atoms with E-state index in [4.69, 9.17) is 5.11 Å². The first-order chi connectivity index (χ1) is 10.1. The highest BCUT2D eigenvalue weighted by Crippen LogP contribution is 2.32. The molecule has 0 unspecified atom stereocenters. The van der Waals surface area contributed by atoms with Gasteiger partial charge in [-0.2, -0.15) is 5.10 Å². The van der Waals surface area contributed by atoms with Crippen LogP contribution in [0.2, 0.25) is 0 Å². The molecule has 0 saturated heterocycles. The zero-order valence-electron chi connectivity index (χ0n) is 13.8. The second-order valence-corrected chi connectivity index (χ2v) is 8.35. The lowest BCUT2D eigenvalue weighted by Crippen LogP contribution is -2.21. The Labute approximate surface area is 135 Å². The van der Waals surface area contributed by atoms with E-state index in [0.717, 1.165) is 17.1 Å². The second kappa shape index (κ2) is 5.83. The lowest BCUT2D eigenvalue weighted by molar-refractivity contribution is -0.137. The first-order valence-corrected chi connectivity index (χ1v) is 8.10. The summed E-state index contributed by atoms with van der Waals surface area (Å²) in [6.07, 6.45) is 4.50. The summed E-state index contributed by atoms with van der Waals surface area (Å²) in [5.74, 6) is -0.885. The number of nitrogens with zero attached hydrogens (tertiary/aromatic N) is 3. The topological polar surface area (TPSA) is 68.0 Å². The van der Waals surface area contributed by atoms with Crippen molar-refractivity contribution >= 4 is 17.3 Å². The zero-order chi connectivity index (χ0) is 16.5. The van der Waals surface area contributed by atoms with Crippen LogP contribution in [0.3, 0.4) is 0 Å². The minimum atomic E-state index is -0.885. The summed E-state index contributed by atoms with van der Waals surface area (Å²) in [5, 5.41) is 14.4. The monoisotopic (exact) mass is 321 g/mol. The number of aliphatic carboxylic acids is 1. The first-order valence-electron chi connectivity index (χ1n) is 7.29. The summed E-state index contributed by atoms with van der Waals surface area (Å²) in [7, 11) is 0. The molecule has 0 aliphatic rings. The van der Waals surface area contributed by atoms with Gasteiger partial charge in [0.1, 0.15) is 6.54 Å². The molecule has 0 aliphatic heterocycles. The maximum Gasteiger partial charge on any atom is 0.325 e. The van der Waals surface area contributed by atoms with E-state index in [2.05, 4.69) is 44.7 Å². The second-order valence-electron chi connectivity index (χ2n) is 7.23. The SMILES string of the molecule is CC(C)(C)c1ncc(CC(C)(C)c2ccn(CC(=O)O)n2)s1. The molecule has 120 valence electrons. The number of carboxylic acids is 1. The van der Waals surface area contributed by atoms with Gasteiger partial charge in [0.05, 0.1) is 10.7 Å². The van der Waals surface area contributed by atoms with Crippen molar-refractivity contribution in [2.75, 3.05) is 0 Å². The average Bonchev–Trinajstić information content (AvgIpc) is 2.96. The van der Waals surface area contributed by atoms with Crippen molar-refractivity contribution in [3.8, 4) is 0 Å².